The maximum Gasteiger partial charge on any atom is 0.349 e. The number of hydrogen-bond acceptors (Lipinski definition) is 7. The fraction of sp³-hybridized carbons (Fsp3) is 0.111. The molecule has 7 nitrogen and oxygen atoms in total. The molecule has 0 atom stereocenters. The van der Waals surface area contributed by atoms with E-state index < -0.39 is 23.9 Å². The van der Waals surface area contributed by atoms with Crippen LogP contribution in [-0.2, 0) is 14.3 Å². The third-order valence-corrected chi connectivity index (χ3v) is 3.49. The largest absolute Gasteiger partial charge is 0.426 e. The van der Waals surface area contributed by atoms with Crippen LogP contribution in [-0.4, -0.2) is 23.9 Å². The van der Waals surface area contributed by atoms with Gasteiger partial charge in [0, 0.05) is 23.9 Å². The highest BCUT2D eigenvalue weighted by atomic mass is 35.5. The number of carbonyl (C=O) groups is 4. The van der Waals surface area contributed by atoms with E-state index in [1.165, 1.54) is 36.4 Å². The van der Waals surface area contributed by atoms with Crippen LogP contribution in [0, 0.1) is 0 Å². The number of esters is 4. The highest BCUT2D eigenvalue weighted by molar-refractivity contribution is 6.31. The van der Waals surface area contributed by atoms with Crippen LogP contribution in [0.25, 0.3) is 0 Å². The maximum absolute atomic E-state index is 12.4. The average molecular weight is 411 g/mol. The van der Waals surface area contributed by atoms with Gasteiger partial charge in [-0.05, 0) is 36.4 Å². The Morgan fingerprint density at radius 2 is 1.07 bits per heavy atom. The van der Waals surface area contributed by atoms with Crippen molar-refractivity contribution in [3.8, 4) is 11.5 Å². The molecule has 0 bridgehead atoms. The van der Waals surface area contributed by atoms with Gasteiger partial charge < -0.3 is 14.2 Å². The Morgan fingerprint density at radius 3 is 1.41 bits per heavy atom. The zero-order valence-corrected chi connectivity index (χ0v) is 15.6. The van der Waals surface area contributed by atoms with Gasteiger partial charge in [-0.3, -0.25) is 9.59 Å². The molecule has 0 saturated carbocycles. The molecule has 9 heteroatoms. The third-order valence-electron chi connectivity index (χ3n) is 3.02. The molecule has 0 saturated heterocycles. The van der Waals surface area contributed by atoms with Crippen LogP contribution in [0.1, 0.15) is 34.6 Å². The number of halogens is 2. The molecular formula is C18H12Cl2O7. The van der Waals surface area contributed by atoms with E-state index in [-0.39, 0.29) is 32.7 Å². The van der Waals surface area contributed by atoms with Crippen LogP contribution in [0.3, 0.4) is 0 Å². The summed E-state index contributed by atoms with van der Waals surface area (Å²) in [5.74, 6) is -3.85. The Morgan fingerprint density at radius 1 is 0.704 bits per heavy atom. The fourth-order valence-corrected chi connectivity index (χ4v) is 2.35. The van der Waals surface area contributed by atoms with Crippen LogP contribution in [0.4, 0.5) is 0 Å². The van der Waals surface area contributed by atoms with Crippen LogP contribution < -0.4 is 9.47 Å². The second-order valence-corrected chi connectivity index (χ2v) is 6.02. The van der Waals surface area contributed by atoms with Gasteiger partial charge in [-0.2, -0.15) is 0 Å². The highest BCUT2D eigenvalue weighted by Crippen LogP contribution is 2.27. The Hall–Kier alpha value is -2.90. The van der Waals surface area contributed by atoms with E-state index in [1.54, 1.807) is 0 Å². The van der Waals surface area contributed by atoms with E-state index in [2.05, 4.69) is 0 Å². The van der Waals surface area contributed by atoms with Crippen molar-refractivity contribution in [1.29, 1.82) is 0 Å². The van der Waals surface area contributed by atoms with Crippen LogP contribution >= 0.6 is 23.2 Å². The molecule has 0 unspecified atom stereocenters. The molecule has 0 aliphatic carbocycles. The summed E-state index contributed by atoms with van der Waals surface area (Å²) in [5, 5.41) is 0.322. The first-order valence-corrected chi connectivity index (χ1v) is 8.15. The lowest BCUT2D eigenvalue weighted by atomic mass is 10.2. The molecular weight excluding hydrogens is 399 g/mol. The molecule has 2 aromatic rings. The average Bonchev–Trinajstić information content (AvgIpc) is 2.57. The first-order chi connectivity index (χ1) is 12.7. The van der Waals surface area contributed by atoms with E-state index in [0.717, 1.165) is 13.8 Å². The maximum atomic E-state index is 12.4. The van der Waals surface area contributed by atoms with E-state index in [1.807, 2.05) is 0 Å². The van der Waals surface area contributed by atoms with Gasteiger partial charge in [-0.25, -0.2) is 9.59 Å². The quantitative estimate of drug-likeness (QED) is 0.429. The van der Waals surface area contributed by atoms with Gasteiger partial charge in [0.1, 0.15) is 22.6 Å². The summed E-state index contributed by atoms with van der Waals surface area (Å²) >= 11 is 11.7. The summed E-state index contributed by atoms with van der Waals surface area (Å²) in [4.78, 5) is 47.1. The third kappa shape index (κ3) is 5.54. The van der Waals surface area contributed by atoms with Gasteiger partial charge in [0.2, 0.25) is 0 Å². The molecule has 0 spiro atoms. The SMILES string of the molecule is CC(=O)Oc1ccc(Cl)cc1C(=O)OC(=O)c1cc(Cl)ccc1OC(C)=O. The van der Waals surface area contributed by atoms with Gasteiger partial charge in [0.15, 0.2) is 0 Å². The standard InChI is InChI=1S/C18H12Cl2O7/c1-9(21)25-15-5-3-11(19)7-13(15)17(23)27-18(24)14-8-12(20)4-6-16(14)26-10(2)22/h3-8H,1-2H3. The van der Waals surface area contributed by atoms with Crippen molar-refractivity contribution in [1.82, 2.24) is 0 Å². The molecule has 2 rings (SSSR count). The first kappa shape index (κ1) is 20.4. The molecule has 27 heavy (non-hydrogen) atoms. The normalized spacial score (nSPS) is 10.1. The Labute approximate surface area is 163 Å². The van der Waals surface area contributed by atoms with Crippen molar-refractivity contribution in [2.45, 2.75) is 13.8 Å². The second kappa shape index (κ2) is 8.66. The molecule has 0 fully saturated rings. The number of carbonyl (C=O) groups excluding carboxylic acids is 4. The monoisotopic (exact) mass is 410 g/mol. The van der Waals surface area contributed by atoms with Gasteiger partial charge in [0.25, 0.3) is 0 Å². The zero-order valence-electron chi connectivity index (χ0n) is 14.1. The summed E-state index contributed by atoms with van der Waals surface area (Å²) in [7, 11) is 0. The second-order valence-electron chi connectivity index (χ2n) is 5.15. The summed E-state index contributed by atoms with van der Waals surface area (Å²) in [6, 6.07) is 7.73. The molecule has 0 amide bonds. The molecule has 2 aromatic carbocycles. The minimum absolute atomic E-state index is 0.129. The predicted octanol–water partition coefficient (Wildman–Crippen LogP) is 3.84. The van der Waals surface area contributed by atoms with Crippen LogP contribution in [0.15, 0.2) is 36.4 Å². The molecule has 0 heterocycles. The number of rotatable bonds is 4. The van der Waals surface area contributed by atoms with E-state index in [9.17, 15) is 19.2 Å². The molecule has 0 aliphatic rings. The van der Waals surface area contributed by atoms with Crippen molar-refractivity contribution >= 4 is 47.1 Å². The van der Waals surface area contributed by atoms with Crippen molar-refractivity contribution in [3.05, 3.63) is 57.6 Å². The van der Waals surface area contributed by atoms with Gasteiger partial charge in [0.05, 0.1) is 0 Å². The smallest absolute Gasteiger partial charge is 0.349 e. The Bertz CT molecular complexity index is 862. The van der Waals surface area contributed by atoms with E-state index >= 15 is 0 Å². The molecule has 0 N–H and O–H groups in total. The zero-order chi connectivity index (χ0) is 20.1. The minimum atomic E-state index is -1.12. The number of benzene rings is 2. The lowest BCUT2D eigenvalue weighted by Crippen LogP contribution is -2.16. The molecule has 0 radical (unpaired) electrons. The van der Waals surface area contributed by atoms with Crippen molar-refractivity contribution < 1.29 is 33.4 Å². The van der Waals surface area contributed by atoms with Gasteiger partial charge in [-0.1, -0.05) is 23.2 Å². The fourth-order valence-electron chi connectivity index (χ4n) is 2.01. The molecule has 0 aliphatic heterocycles. The van der Waals surface area contributed by atoms with Crippen molar-refractivity contribution in [2.24, 2.45) is 0 Å². The first-order valence-electron chi connectivity index (χ1n) is 7.40. The Balaban J connectivity index is 2.33. The van der Waals surface area contributed by atoms with Gasteiger partial charge in [-0.15, -0.1) is 0 Å². The highest BCUT2D eigenvalue weighted by Gasteiger charge is 2.23. The summed E-state index contributed by atoms with van der Waals surface area (Å²) in [6.07, 6.45) is 0. The van der Waals surface area contributed by atoms with Crippen molar-refractivity contribution in [3.63, 3.8) is 0 Å². The van der Waals surface area contributed by atoms with E-state index in [0.29, 0.717) is 0 Å². The van der Waals surface area contributed by atoms with Crippen LogP contribution in [0.2, 0.25) is 10.0 Å². The lowest BCUT2D eigenvalue weighted by Gasteiger charge is -2.11. The summed E-state index contributed by atoms with van der Waals surface area (Å²) in [6.45, 7) is 2.29. The summed E-state index contributed by atoms with van der Waals surface area (Å²) in [5.41, 5.74) is -0.468. The lowest BCUT2D eigenvalue weighted by molar-refractivity contribution is -0.132. The van der Waals surface area contributed by atoms with E-state index in [4.69, 9.17) is 37.4 Å². The Kier molecular flexibility index (Phi) is 6.55. The minimum Gasteiger partial charge on any atom is -0.426 e. The molecule has 0 aromatic heterocycles. The number of hydrogen-bond donors (Lipinski definition) is 0. The van der Waals surface area contributed by atoms with Gasteiger partial charge >= 0.3 is 23.9 Å². The van der Waals surface area contributed by atoms with Crippen molar-refractivity contribution in [2.75, 3.05) is 0 Å². The summed E-state index contributed by atoms with van der Waals surface area (Å²) < 4.78 is 14.6. The van der Waals surface area contributed by atoms with Crippen LogP contribution in [0.5, 0.6) is 11.5 Å². The predicted molar refractivity (Wildman–Crippen MR) is 95.3 cm³/mol. The topological polar surface area (TPSA) is 96.0 Å². The number of ether oxygens (including phenoxy) is 3. The molecule has 140 valence electrons.